The minimum Gasteiger partial charge on any atom is -0.387 e. The lowest BCUT2D eigenvalue weighted by Gasteiger charge is -2.08. The fraction of sp³-hybridized carbons (Fsp3) is 0.235. The summed E-state index contributed by atoms with van der Waals surface area (Å²) in [5.74, 6) is 0. The Morgan fingerprint density at radius 2 is 1.90 bits per heavy atom. The number of nitrogens with zero attached hydrogens (tertiary/aromatic N) is 2. The van der Waals surface area contributed by atoms with Gasteiger partial charge in [0.2, 0.25) is 0 Å². The highest BCUT2D eigenvalue weighted by Gasteiger charge is 2.16. The number of halogens is 1. The fourth-order valence-corrected chi connectivity index (χ4v) is 2.71. The van der Waals surface area contributed by atoms with Gasteiger partial charge in [-0.1, -0.05) is 29.8 Å². The maximum atomic E-state index is 10.1. The van der Waals surface area contributed by atoms with E-state index in [9.17, 15) is 5.11 Å². The number of hydrogen-bond acceptors (Lipinski definition) is 2. The number of aromatic nitrogens is 2. The number of aliphatic hydroxyl groups is 1. The predicted molar refractivity (Wildman–Crippen MR) is 84.8 cm³/mol. The largest absolute Gasteiger partial charge is 0.387 e. The average molecular weight is 301 g/mol. The van der Waals surface area contributed by atoms with Crippen LogP contribution in [0.2, 0.25) is 5.02 Å². The number of fused-ring (bicyclic) bond motifs is 1. The van der Waals surface area contributed by atoms with E-state index in [0.29, 0.717) is 6.42 Å². The lowest BCUT2D eigenvalue weighted by Crippen LogP contribution is -2.02. The molecule has 3 nitrogen and oxygen atoms in total. The zero-order valence-corrected chi connectivity index (χ0v) is 12.8. The van der Waals surface area contributed by atoms with Crippen molar-refractivity contribution in [1.29, 1.82) is 0 Å². The van der Waals surface area contributed by atoms with Gasteiger partial charge >= 0.3 is 0 Å². The lowest BCUT2D eigenvalue weighted by atomic mass is 10.1. The van der Waals surface area contributed by atoms with Crippen LogP contribution in [-0.2, 0) is 6.42 Å². The van der Waals surface area contributed by atoms with E-state index in [0.717, 1.165) is 33.2 Å². The number of aliphatic hydroxyl groups excluding tert-OH is 1. The van der Waals surface area contributed by atoms with Crippen molar-refractivity contribution >= 4 is 17.2 Å². The van der Waals surface area contributed by atoms with E-state index in [1.54, 1.807) is 6.92 Å². The van der Waals surface area contributed by atoms with Crippen molar-refractivity contribution in [1.82, 2.24) is 9.38 Å². The quantitative estimate of drug-likeness (QED) is 0.795. The Labute approximate surface area is 128 Å². The third-order valence-electron chi connectivity index (χ3n) is 3.56. The van der Waals surface area contributed by atoms with Gasteiger partial charge in [-0.15, -0.1) is 0 Å². The van der Waals surface area contributed by atoms with E-state index in [-0.39, 0.29) is 0 Å². The zero-order chi connectivity index (χ0) is 15.0. The summed E-state index contributed by atoms with van der Waals surface area (Å²) in [7, 11) is 0. The Bertz CT molecular complexity index is 775. The molecular formula is C17H17ClN2O. The molecule has 0 aliphatic carbocycles. The van der Waals surface area contributed by atoms with Crippen LogP contribution in [0.3, 0.4) is 0 Å². The van der Waals surface area contributed by atoms with Crippen LogP contribution in [0.1, 0.15) is 35.5 Å². The molecule has 1 atom stereocenters. The second-order valence-corrected chi connectivity index (χ2v) is 5.79. The first-order chi connectivity index (χ1) is 10.0. The normalized spacial score (nSPS) is 12.8. The number of hydrogen-bond donors (Lipinski definition) is 1. The number of benzene rings is 1. The molecule has 0 aliphatic rings. The molecule has 0 saturated heterocycles. The molecule has 0 bridgehead atoms. The van der Waals surface area contributed by atoms with Crippen molar-refractivity contribution in [2.45, 2.75) is 26.4 Å². The highest BCUT2D eigenvalue weighted by Crippen LogP contribution is 2.23. The topological polar surface area (TPSA) is 37.5 Å². The smallest absolute Gasteiger partial charge is 0.137 e. The standard InChI is InChI=1S/C17H17ClN2O/c1-11-3-8-16-19-15(17(12(2)21)20(16)10-11)9-13-4-6-14(18)7-5-13/h3-8,10,12,21H,9H2,1-2H3. The molecule has 0 spiro atoms. The summed E-state index contributed by atoms with van der Waals surface area (Å²) in [5.41, 5.74) is 4.88. The van der Waals surface area contributed by atoms with Gasteiger partial charge in [0.1, 0.15) is 5.65 Å². The number of rotatable bonds is 3. The molecule has 21 heavy (non-hydrogen) atoms. The summed E-state index contributed by atoms with van der Waals surface area (Å²) in [6, 6.07) is 11.7. The van der Waals surface area contributed by atoms with Gasteiger partial charge in [-0.05, 0) is 43.2 Å². The Hall–Kier alpha value is -1.84. The van der Waals surface area contributed by atoms with Crippen molar-refractivity contribution in [2.75, 3.05) is 0 Å². The predicted octanol–water partition coefficient (Wildman–Crippen LogP) is 3.94. The first-order valence-electron chi connectivity index (χ1n) is 6.94. The molecule has 2 heterocycles. The first-order valence-corrected chi connectivity index (χ1v) is 7.32. The molecule has 0 saturated carbocycles. The molecule has 3 rings (SSSR count). The highest BCUT2D eigenvalue weighted by atomic mass is 35.5. The van der Waals surface area contributed by atoms with E-state index < -0.39 is 6.10 Å². The second kappa shape index (κ2) is 5.51. The molecule has 0 radical (unpaired) electrons. The Kier molecular flexibility index (Phi) is 3.70. The SMILES string of the molecule is Cc1ccc2nc(Cc3ccc(Cl)cc3)c(C(C)O)n2c1. The Morgan fingerprint density at radius 1 is 1.19 bits per heavy atom. The van der Waals surface area contributed by atoms with Crippen LogP contribution in [0, 0.1) is 6.92 Å². The van der Waals surface area contributed by atoms with Crippen molar-refractivity contribution in [3.8, 4) is 0 Å². The van der Waals surface area contributed by atoms with E-state index in [1.165, 1.54) is 0 Å². The molecule has 3 aromatic rings. The lowest BCUT2D eigenvalue weighted by molar-refractivity contribution is 0.192. The molecular weight excluding hydrogens is 284 g/mol. The van der Waals surface area contributed by atoms with Crippen LogP contribution in [0.25, 0.3) is 5.65 Å². The maximum Gasteiger partial charge on any atom is 0.137 e. The van der Waals surface area contributed by atoms with Crippen LogP contribution >= 0.6 is 11.6 Å². The zero-order valence-electron chi connectivity index (χ0n) is 12.0. The van der Waals surface area contributed by atoms with Crippen molar-refractivity contribution < 1.29 is 5.11 Å². The van der Waals surface area contributed by atoms with Gasteiger partial charge in [0.15, 0.2) is 0 Å². The first kappa shape index (κ1) is 14.1. The van der Waals surface area contributed by atoms with Crippen molar-refractivity contribution in [3.05, 3.63) is 70.1 Å². The minimum atomic E-state index is -0.566. The van der Waals surface area contributed by atoms with Gasteiger partial charge in [0, 0.05) is 17.6 Å². The van der Waals surface area contributed by atoms with Crippen LogP contribution in [-0.4, -0.2) is 14.5 Å². The van der Waals surface area contributed by atoms with Crippen LogP contribution in [0.4, 0.5) is 0 Å². The highest BCUT2D eigenvalue weighted by molar-refractivity contribution is 6.30. The molecule has 108 valence electrons. The molecule has 0 fully saturated rings. The number of imidazole rings is 1. The molecule has 0 aliphatic heterocycles. The summed E-state index contributed by atoms with van der Waals surface area (Å²) in [4.78, 5) is 4.66. The van der Waals surface area contributed by atoms with Gasteiger partial charge in [-0.3, -0.25) is 0 Å². The van der Waals surface area contributed by atoms with E-state index >= 15 is 0 Å². The van der Waals surface area contributed by atoms with Crippen molar-refractivity contribution in [3.63, 3.8) is 0 Å². The van der Waals surface area contributed by atoms with E-state index in [4.69, 9.17) is 11.6 Å². The van der Waals surface area contributed by atoms with Crippen LogP contribution in [0.15, 0.2) is 42.6 Å². The maximum absolute atomic E-state index is 10.1. The summed E-state index contributed by atoms with van der Waals surface area (Å²) in [6.45, 7) is 3.81. The van der Waals surface area contributed by atoms with Crippen LogP contribution in [0.5, 0.6) is 0 Å². The third-order valence-corrected chi connectivity index (χ3v) is 3.81. The number of aryl methyl sites for hydroxylation is 1. The Morgan fingerprint density at radius 3 is 2.57 bits per heavy atom. The van der Waals surface area contributed by atoms with Gasteiger partial charge in [-0.2, -0.15) is 0 Å². The monoisotopic (exact) mass is 300 g/mol. The molecule has 1 unspecified atom stereocenters. The van der Waals surface area contributed by atoms with E-state index in [1.807, 2.05) is 53.9 Å². The van der Waals surface area contributed by atoms with Gasteiger partial charge in [-0.25, -0.2) is 4.98 Å². The van der Waals surface area contributed by atoms with E-state index in [2.05, 4.69) is 4.98 Å². The van der Waals surface area contributed by atoms with Crippen molar-refractivity contribution in [2.24, 2.45) is 0 Å². The summed E-state index contributed by atoms with van der Waals surface area (Å²) in [5, 5.41) is 10.8. The van der Waals surface area contributed by atoms with Gasteiger partial charge in [0.25, 0.3) is 0 Å². The number of pyridine rings is 1. The Balaban J connectivity index is 2.08. The third kappa shape index (κ3) is 2.80. The summed E-state index contributed by atoms with van der Waals surface area (Å²) < 4.78 is 1.98. The van der Waals surface area contributed by atoms with Gasteiger partial charge < -0.3 is 9.51 Å². The molecule has 1 aromatic carbocycles. The average Bonchev–Trinajstić information content (AvgIpc) is 2.78. The molecule has 2 aromatic heterocycles. The minimum absolute atomic E-state index is 0.566. The molecule has 4 heteroatoms. The summed E-state index contributed by atoms with van der Waals surface area (Å²) >= 11 is 5.92. The van der Waals surface area contributed by atoms with Crippen LogP contribution < -0.4 is 0 Å². The molecule has 0 amide bonds. The van der Waals surface area contributed by atoms with Gasteiger partial charge in [0.05, 0.1) is 17.5 Å². The second-order valence-electron chi connectivity index (χ2n) is 5.36. The fourth-order valence-electron chi connectivity index (χ4n) is 2.59. The summed E-state index contributed by atoms with van der Waals surface area (Å²) in [6.07, 6.45) is 2.12. The molecule has 1 N–H and O–H groups in total.